The first-order valence-electron chi connectivity index (χ1n) is 9.36. The molecule has 1 aliphatic rings. The molecule has 11 heteroatoms. The number of carbonyl (C=O) groups excluding carboxylic acids is 1. The van der Waals surface area contributed by atoms with Gasteiger partial charge in [-0.05, 0) is 77.8 Å². The first-order chi connectivity index (χ1) is 15.2. The number of halogens is 1. The molecule has 0 unspecified atom stereocenters. The number of anilines is 1. The molecule has 1 amide bonds. The zero-order chi connectivity index (χ0) is 23.5. The SMILES string of the molecule is CCOc1cc(/C=C2/C(=O)N(c3ccc(S(N)(=O)=O)cc3)N=C2C)cc(Br)c1OCC#N. The van der Waals surface area contributed by atoms with Gasteiger partial charge in [0.1, 0.15) is 6.07 Å². The van der Waals surface area contributed by atoms with Crippen molar-refractivity contribution in [1.29, 1.82) is 5.26 Å². The third-order valence-electron chi connectivity index (χ3n) is 4.40. The van der Waals surface area contributed by atoms with Gasteiger partial charge in [0.25, 0.3) is 5.91 Å². The smallest absolute Gasteiger partial charge is 0.280 e. The van der Waals surface area contributed by atoms with E-state index < -0.39 is 10.0 Å². The minimum Gasteiger partial charge on any atom is -0.490 e. The van der Waals surface area contributed by atoms with Gasteiger partial charge in [0, 0.05) is 0 Å². The highest BCUT2D eigenvalue weighted by Gasteiger charge is 2.29. The minimum absolute atomic E-state index is 0.0589. The molecule has 0 saturated carbocycles. The highest BCUT2D eigenvalue weighted by Crippen LogP contribution is 2.38. The summed E-state index contributed by atoms with van der Waals surface area (Å²) < 4.78 is 34.5. The maximum Gasteiger partial charge on any atom is 0.280 e. The molecule has 0 spiro atoms. The molecule has 1 aliphatic heterocycles. The van der Waals surface area contributed by atoms with Crippen molar-refractivity contribution in [3.63, 3.8) is 0 Å². The van der Waals surface area contributed by atoms with E-state index in [1.165, 1.54) is 29.3 Å². The number of nitrogens with zero attached hydrogens (tertiary/aromatic N) is 3. The van der Waals surface area contributed by atoms with Crippen LogP contribution >= 0.6 is 15.9 Å². The number of hydrogen-bond acceptors (Lipinski definition) is 7. The molecule has 0 fully saturated rings. The molecule has 0 atom stereocenters. The molecule has 0 aliphatic carbocycles. The summed E-state index contributed by atoms with van der Waals surface area (Å²) in [5.74, 6) is 0.458. The number of nitriles is 1. The summed E-state index contributed by atoms with van der Waals surface area (Å²) in [4.78, 5) is 12.9. The fourth-order valence-corrected chi connectivity index (χ4v) is 4.07. The highest BCUT2D eigenvalue weighted by atomic mass is 79.9. The molecular weight excluding hydrogens is 500 g/mol. The van der Waals surface area contributed by atoms with Gasteiger partial charge in [-0.3, -0.25) is 4.79 Å². The lowest BCUT2D eigenvalue weighted by Crippen LogP contribution is -2.21. The number of ether oxygens (including phenoxy) is 2. The number of amides is 1. The maximum absolute atomic E-state index is 13.0. The van der Waals surface area contributed by atoms with Crippen LogP contribution in [0.5, 0.6) is 11.5 Å². The van der Waals surface area contributed by atoms with E-state index in [0.717, 1.165) is 0 Å². The van der Waals surface area contributed by atoms with Crippen molar-refractivity contribution in [2.45, 2.75) is 18.7 Å². The minimum atomic E-state index is -3.84. The average Bonchev–Trinajstić information content (AvgIpc) is 3.01. The average molecular weight is 519 g/mol. The molecule has 0 aromatic heterocycles. The second kappa shape index (κ2) is 9.52. The van der Waals surface area contributed by atoms with Crippen LogP contribution in [0.25, 0.3) is 6.08 Å². The van der Waals surface area contributed by atoms with Gasteiger partial charge in [0.05, 0.1) is 32.9 Å². The zero-order valence-electron chi connectivity index (χ0n) is 17.2. The van der Waals surface area contributed by atoms with Crippen LogP contribution in [0.4, 0.5) is 5.69 Å². The van der Waals surface area contributed by atoms with Crippen LogP contribution in [0, 0.1) is 11.3 Å². The lowest BCUT2D eigenvalue weighted by Gasteiger charge is -2.14. The van der Waals surface area contributed by atoms with Crippen LogP contribution in [-0.2, 0) is 14.8 Å². The number of primary sulfonamides is 1. The van der Waals surface area contributed by atoms with E-state index in [-0.39, 0.29) is 17.4 Å². The molecule has 166 valence electrons. The van der Waals surface area contributed by atoms with Crippen LogP contribution in [0.15, 0.2) is 56.4 Å². The van der Waals surface area contributed by atoms with Gasteiger partial charge in [0.15, 0.2) is 18.1 Å². The Hall–Kier alpha value is -3.20. The lowest BCUT2D eigenvalue weighted by molar-refractivity contribution is -0.114. The summed E-state index contributed by atoms with van der Waals surface area (Å²) in [6, 6.07) is 10.9. The van der Waals surface area contributed by atoms with Crippen molar-refractivity contribution in [1.82, 2.24) is 0 Å². The number of rotatable bonds is 7. The van der Waals surface area contributed by atoms with E-state index >= 15 is 0 Å². The van der Waals surface area contributed by atoms with Gasteiger partial charge in [-0.25, -0.2) is 13.6 Å². The molecule has 32 heavy (non-hydrogen) atoms. The van der Waals surface area contributed by atoms with E-state index in [4.69, 9.17) is 19.9 Å². The third-order valence-corrected chi connectivity index (χ3v) is 5.91. The highest BCUT2D eigenvalue weighted by molar-refractivity contribution is 9.10. The fourth-order valence-electron chi connectivity index (χ4n) is 2.98. The molecule has 2 aromatic rings. The molecule has 0 bridgehead atoms. The quantitative estimate of drug-likeness (QED) is 0.559. The van der Waals surface area contributed by atoms with E-state index in [9.17, 15) is 13.2 Å². The fraction of sp³-hybridized carbons (Fsp3) is 0.190. The van der Waals surface area contributed by atoms with E-state index in [1.807, 2.05) is 13.0 Å². The summed E-state index contributed by atoms with van der Waals surface area (Å²) in [5.41, 5.74) is 1.92. The predicted molar refractivity (Wildman–Crippen MR) is 123 cm³/mol. The topological polar surface area (TPSA) is 135 Å². The lowest BCUT2D eigenvalue weighted by atomic mass is 10.1. The van der Waals surface area contributed by atoms with Gasteiger partial charge >= 0.3 is 0 Å². The molecule has 9 nitrogen and oxygen atoms in total. The van der Waals surface area contributed by atoms with Gasteiger partial charge in [-0.1, -0.05) is 0 Å². The summed E-state index contributed by atoms with van der Waals surface area (Å²) >= 11 is 3.42. The summed E-state index contributed by atoms with van der Waals surface area (Å²) in [7, 11) is -3.84. The Balaban J connectivity index is 1.94. The Morgan fingerprint density at radius 1 is 1.25 bits per heavy atom. The molecule has 2 N–H and O–H groups in total. The van der Waals surface area contributed by atoms with Crippen molar-refractivity contribution in [2.75, 3.05) is 18.2 Å². The number of hydrazone groups is 1. The largest absolute Gasteiger partial charge is 0.490 e. The first-order valence-corrected chi connectivity index (χ1v) is 11.7. The Bertz CT molecular complexity index is 1260. The van der Waals surface area contributed by atoms with Gasteiger partial charge < -0.3 is 9.47 Å². The van der Waals surface area contributed by atoms with Crippen LogP contribution < -0.4 is 19.6 Å². The van der Waals surface area contributed by atoms with E-state index in [2.05, 4.69) is 21.0 Å². The van der Waals surface area contributed by atoms with E-state index in [0.29, 0.717) is 45.1 Å². The van der Waals surface area contributed by atoms with Crippen molar-refractivity contribution in [3.8, 4) is 17.6 Å². The summed E-state index contributed by atoms with van der Waals surface area (Å²) in [6.07, 6.45) is 1.67. The number of hydrogen-bond donors (Lipinski definition) is 1. The molecular formula is C21H19BrN4O5S. The number of carbonyl (C=O) groups is 1. The van der Waals surface area contributed by atoms with Gasteiger partial charge in [0.2, 0.25) is 10.0 Å². The van der Waals surface area contributed by atoms with Crippen LogP contribution in [0.2, 0.25) is 0 Å². The third kappa shape index (κ3) is 4.99. The van der Waals surface area contributed by atoms with Crippen molar-refractivity contribution < 1.29 is 22.7 Å². The molecule has 0 radical (unpaired) electrons. The normalized spacial score (nSPS) is 15.0. The number of benzene rings is 2. The van der Waals surface area contributed by atoms with Crippen molar-refractivity contribution in [2.24, 2.45) is 10.2 Å². The Kier molecular flexibility index (Phi) is 6.98. The Morgan fingerprint density at radius 3 is 2.53 bits per heavy atom. The summed E-state index contributed by atoms with van der Waals surface area (Å²) in [5, 5.41) is 19.4. The second-order valence-corrected chi connectivity index (χ2v) is 9.02. The molecule has 2 aromatic carbocycles. The van der Waals surface area contributed by atoms with E-state index in [1.54, 1.807) is 25.1 Å². The second-order valence-electron chi connectivity index (χ2n) is 6.61. The van der Waals surface area contributed by atoms with Crippen molar-refractivity contribution >= 4 is 49.3 Å². The monoisotopic (exact) mass is 518 g/mol. The molecule has 0 saturated heterocycles. The van der Waals surface area contributed by atoms with Crippen LogP contribution in [-0.4, -0.2) is 33.3 Å². The molecule has 3 rings (SSSR count). The van der Waals surface area contributed by atoms with Crippen LogP contribution in [0.1, 0.15) is 19.4 Å². The standard InChI is InChI=1S/C21H19BrN4O5S/c1-3-30-19-12-14(11-18(22)20(19)31-9-8-23)10-17-13(2)25-26(21(17)27)15-4-6-16(7-5-15)32(24,28)29/h4-7,10-12H,3,9H2,1-2H3,(H2,24,28,29)/b17-10+. The predicted octanol–water partition coefficient (Wildman–Crippen LogP) is 3.20. The molecule has 1 heterocycles. The van der Waals surface area contributed by atoms with Crippen LogP contribution in [0.3, 0.4) is 0 Å². The maximum atomic E-state index is 13.0. The zero-order valence-corrected chi connectivity index (χ0v) is 19.6. The van der Waals surface area contributed by atoms with Gasteiger partial charge in [-0.15, -0.1) is 0 Å². The Labute approximate surface area is 193 Å². The number of sulfonamides is 1. The Morgan fingerprint density at radius 2 is 1.94 bits per heavy atom. The first kappa shape index (κ1) is 23.5. The summed E-state index contributed by atoms with van der Waals surface area (Å²) in [6.45, 7) is 3.77. The van der Waals surface area contributed by atoms with Gasteiger partial charge in [-0.2, -0.15) is 15.4 Å². The number of nitrogens with two attached hydrogens (primary N) is 1. The van der Waals surface area contributed by atoms with Crippen molar-refractivity contribution in [3.05, 3.63) is 52.0 Å².